The summed E-state index contributed by atoms with van der Waals surface area (Å²) in [4.78, 5) is 12.9. The molecule has 0 atom stereocenters. The molecule has 0 radical (unpaired) electrons. The molecule has 4 rings (SSSR count). The molecule has 1 aromatic heterocycles. The van der Waals surface area contributed by atoms with E-state index in [0.717, 1.165) is 37.4 Å². The van der Waals surface area contributed by atoms with E-state index in [0.29, 0.717) is 22.5 Å². The van der Waals surface area contributed by atoms with Crippen molar-refractivity contribution in [3.05, 3.63) is 45.0 Å². The number of hydrogen-bond donors (Lipinski definition) is 0. The van der Waals surface area contributed by atoms with Crippen LogP contribution in [0.1, 0.15) is 49.0 Å². The third-order valence-electron chi connectivity index (χ3n) is 5.20. The number of aromatic nitrogens is 3. The fraction of sp³-hybridized carbons (Fsp3) is 0.529. The topological polar surface area (TPSA) is 77.1 Å². The van der Waals surface area contributed by atoms with Crippen molar-refractivity contribution in [2.24, 2.45) is 0 Å². The van der Waals surface area contributed by atoms with Crippen LogP contribution in [0.2, 0.25) is 5.02 Å². The van der Waals surface area contributed by atoms with Crippen molar-refractivity contribution in [1.82, 2.24) is 14.8 Å². The number of nitro groups is 1. The lowest BCUT2D eigenvalue weighted by molar-refractivity contribution is -0.385. The van der Waals surface area contributed by atoms with Crippen LogP contribution in [0.4, 0.5) is 11.4 Å². The van der Waals surface area contributed by atoms with Crippen molar-refractivity contribution in [3.8, 4) is 0 Å². The SMILES string of the molecule is Cc1cc(N2CCC(c3nncn3C3CC3)CC2)c(Cl)cc1[N+](=O)[O-]. The largest absolute Gasteiger partial charge is 0.370 e. The molecule has 2 aliphatic rings. The molecule has 132 valence electrons. The highest BCUT2D eigenvalue weighted by molar-refractivity contribution is 6.33. The van der Waals surface area contributed by atoms with E-state index < -0.39 is 0 Å². The molecule has 0 bridgehead atoms. The Hall–Kier alpha value is -2.15. The first-order chi connectivity index (χ1) is 12.0. The van der Waals surface area contributed by atoms with Gasteiger partial charge in [-0.15, -0.1) is 10.2 Å². The van der Waals surface area contributed by atoms with Gasteiger partial charge in [0.25, 0.3) is 5.69 Å². The first kappa shape index (κ1) is 16.3. The van der Waals surface area contributed by atoms with E-state index in [4.69, 9.17) is 11.6 Å². The van der Waals surface area contributed by atoms with E-state index in [1.807, 2.05) is 12.4 Å². The molecule has 0 unspecified atom stereocenters. The molecule has 25 heavy (non-hydrogen) atoms. The van der Waals surface area contributed by atoms with E-state index >= 15 is 0 Å². The van der Waals surface area contributed by atoms with Gasteiger partial charge in [0, 0.05) is 36.7 Å². The van der Waals surface area contributed by atoms with Crippen molar-refractivity contribution in [3.63, 3.8) is 0 Å². The molecule has 7 nitrogen and oxygen atoms in total. The van der Waals surface area contributed by atoms with Gasteiger partial charge in [-0.1, -0.05) is 11.6 Å². The summed E-state index contributed by atoms with van der Waals surface area (Å²) in [7, 11) is 0. The van der Waals surface area contributed by atoms with Crippen LogP contribution in [-0.4, -0.2) is 32.8 Å². The first-order valence-electron chi connectivity index (χ1n) is 8.63. The monoisotopic (exact) mass is 361 g/mol. The van der Waals surface area contributed by atoms with Crippen LogP contribution in [0.15, 0.2) is 18.5 Å². The highest BCUT2D eigenvalue weighted by Gasteiger charge is 2.31. The Kier molecular flexibility index (Phi) is 4.11. The smallest absolute Gasteiger partial charge is 0.273 e. The van der Waals surface area contributed by atoms with Crippen LogP contribution in [0, 0.1) is 17.0 Å². The fourth-order valence-corrected chi connectivity index (χ4v) is 3.93. The zero-order valence-electron chi connectivity index (χ0n) is 14.1. The maximum Gasteiger partial charge on any atom is 0.273 e. The molecule has 0 spiro atoms. The van der Waals surface area contributed by atoms with Gasteiger partial charge in [-0.3, -0.25) is 10.1 Å². The van der Waals surface area contributed by atoms with Gasteiger partial charge < -0.3 is 9.47 Å². The standard InChI is InChI=1S/C17H20ClN5O2/c1-11-8-16(14(18)9-15(11)23(24)25)21-6-4-12(5-7-21)17-20-19-10-22(17)13-2-3-13/h8-10,12-13H,2-7H2,1H3. The molecule has 1 saturated heterocycles. The summed E-state index contributed by atoms with van der Waals surface area (Å²) >= 11 is 6.32. The number of nitrogens with zero attached hydrogens (tertiary/aromatic N) is 5. The number of benzene rings is 1. The second kappa shape index (κ2) is 6.29. The summed E-state index contributed by atoms with van der Waals surface area (Å²) in [6.45, 7) is 3.47. The third-order valence-corrected chi connectivity index (χ3v) is 5.51. The van der Waals surface area contributed by atoms with Crippen molar-refractivity contribution in [1.29, 1.82) is 0 Å². The number of aryl methyl sites for hydroxylation is 1. The summed E-state index contributed by atoms with van der Waals surface area (Å²) in [6.07, 6.45) is 6.27. The fourth-order valence-electron chi connectivity index (χ4n) is 3.65. The van der Waals surface area contributed by atoms with E-state index in [9.17, 15) is 10.1 Å². The van der Waals surface area contributed by atoms with Gasteiger partial charge in [-0.25, -0.2) is 0 Å². The quantitative estimate of drug-likeness (QED) is 0.610. The van der Waals surface area contributed by atoms with E-state index in [1.54, 1.807) is 6.92 Å². The summed E-state index contributed by atoms with van der Waals surface area (Å²) in [5.41, 5.74) is 1.59. The molecule has 1 aliphatic heterocycles. The average Bonchev–Trinajstić information content (AvgIpc) is 3.33. The van der Waals surface area contributed by atoms with Crippen LogP contribution in [0.25, 0.3) is 0 Å². The highest BCUT2D eigenvalue weighted by atomic mass is 35.5. The van der Waals surface area contributed by atoms with Crippen molar-refractivity contribution in [2.75, 3.05) is 18.0 Å². The zero-order chi connectivity index (χ0) is 17.6. The van der Waals surface area contributed by atoms with Crippen LogP contribution in [-0.2, 0) is 0 Å². The Labute approximate surface area is 150 Å². The second-order valence-electron chi connectivity index (χ2n) is 6.94. The molecule has 1 saturated carbocycles. The Morgan fingerprint density at radius 1 is 1.24 bits per heavy atom. The van der Waals surface area contributed by atoms with Gasteiger partial charge in [-0.2, -0.15) is 0 Å². The number of rotatable bonds is 4. The molecule has 2 aromatic rings. The molecule has 2 fully saturated rings. The normalized spacial score (nSPS) is 18.6. The Morgan fingerprint density at radius 2 is 1.96 bits per heavy atom. The maximum atomic E-state index is 11.0. The maximum absolute atomic E-state index is 11.0. The van der Waals surface area contributed by atoms with Crippen LogP contribution >= 0.6 is 11.6 Å². The van der Waals surface area contributed by atoms with Gasteiger partial charge in [0.05, 0.1) is 15.6 Å². The van der Waals surface area contributed by atoms with Gasteiger partial charge >= 0.3 is 0 Å². The molecule has 1 aromatic carbocycles. The number of nitro benzene ring substituents is 1. The zero-order valence-corrected chi connectivity index (χ0v) is 14.8. The third kappa shape index (κ3) is 3.08. The molecule has 0 N–H and O–H groups in total. The minimum Gasteiger partial charge on any atom is -0.370 e. The summed E-state index contributed by atoms with van der Waals surface area (Å²) in [6, 6.07) is 3.88. The lowest BCUT2D eigenvalue weighted by Gasteiger charge is -2.34. The number of piperidine rings is 1. The van der Waals surface area contributed by atoms with Gasteiger partial charge in [0.1, 0.15) is 12.2 Å². The Bertz CT molecular complexity index is 809. The average molecular weight is 362 g/mol. The van der Waals surface area contributed by atoms with E-state index in [2.05, 4.69) is 19.7 Å². The van der Waals surface area contributed by atoms with Gasteiger partial charge in [-0.05, 0) is 38.7 Å². The summed E-state index contributed by atoms with van der Waals surface area (Å²) in [5.74, 6) is 1.52. The Morgan fingerprint density at radius 3 is 2.60 bits per heavy atom. The van der Waals surface area contributed by atoms with Crippen molar-refractivity contribution >= 4 is 23.0 Å². The van der Waals surface area contributed by atoms with Crippen LogP contribution in [0.3, 0.4) is 0 Å². The molecule has 8 heteroatoms. The number of halogens is 1. The summed E-state index contributed by atoms with van der Waals surface area (Å²) in [5, 5.41) is 19.9. The predicted octanol–water partition coefficient (Wildman–Crippen LogP) is 3.87. The molecular formula is C17H20ClN5O2. The Balaban J connectivity index is 1.49. The first-order valence-corrected chi connectivity index (χ1v) is 9.01. The second-order valence-corrected chi connectivity index (χ2v) is 7.34. The van der Waals surface area contributed by atoms with E-state index in [-0.39, 0.29) is 10.6 Å². The van der Waals surface area contributed by atoms with Crippen LogP contribution in [0.5, 0.6) is 0 Å². The lowest BCUT2D eigenvalue weighted by Crippen LogP contribution is -2.34. The van der Waals surface area contributed by atoms with Gasteiger partial charge in [0.15, 0.2) is 0 Å². The molecule has 2 heterocycles. The van der Waals surface area contributed by atoms with Crippen LogP contribution < -0.4 is 4.90 Å². The van der Waals surface area contributed by atoms with E-state index in [1.165, 1.54) is 18.9 Å². The molecular weight excluding hydrogens is 342 g/mol. The van der Waals surface area contributed by atoms with Gasteiger partial charge in [0.2, 0.25) is 0 Å². The minimum absolute atomic E-state index is 0.0705. The minimum atomic E-state index is -0.387. The lowest BCUT2D eigenvalue weighted by atomic mass is 9.95. The number of anilines is 1. The van der Waals surface area contributed by atoms with Crippen molar-refractivity contribution < 1.29 is 4.92 Å². The molecule has 1 aliphatic carbocycles. The van der Waals surface area contributed by atoms with Crippen molar-refractivity contribution in [2.45, 2.75) is 44.6 Å². The molecule has 0 amide bonds. The summed E-state index contributed by atoms with van der Waals surface area (Å²) < 4.78 is 2.24. The highest BCUT2D eigenvalue weighted by Crippen LogP contribution is 2.40. The predicted molar refractivity (Wildman–Crippen MR) is 95.3 cm³/mol. The number of hydrogen-bond acceptors (Lipinski definition) is 5.